The van der Waals surface area contributed by atoms with Crippen LogP contribution in [0.4, 0.5) is 11.5 Å². The maximum atomic E-state index is 9.22. The van der Waals surface area contributed by atoms with Crippen molar-refractivity contribution in [2.24, 2.45) is 0 Å². The fourth-order valence-corrected chi connectivity index (χ4v) is 1.63. The number of anilines is 2. The van der Waals surface area contributed by atoms with Gasteiger partial charge in [0.25, 0.3) is 0 Å². The third-order valence-corrected chi connectivity index (χ3v) is 2.68. The molecule has 0 saturated heterocycles. The lowest BCUT2D eigenvalue weighted by atomic mass is 10.3. The van der Waals surface area contributed by atoms with E-state index in [1.165, 1.54) is 11.8 Å². The van der Waals surface area contributed by atoms with Crippen molar-refractivity contribution in [1.82, 2.24) is 15.0 Å². The van der Waals surface area contributed by atoms with Crippen LogP contribution in [0.2, 0.25) is 0 Å². The van der Waals surface area contributed by atoms with Crippen LogP contribution in [0.5, 0.6) is 0 Å². The van der Waals surface area contributed by atoms with Gasteiger partial charge in [0, 0.05) is 18.0 Å². The number of aromatic nitrogens is 3. The summed E-state index contributed by atoms with van der Waals surface area (Å²) < 4.78 is 0. The average Bonchev–Trinajstić information content (AvgIpc) is 2.40. The van der Waals surface area contributed by atoms with Gasteiger partial charge in [0.1, 0.15) is 5.82 Å². The summed E-state index contributed by atoms with van der Waals surface area (Å²) in [6.07, 6.45) is 6.92. The molecule has 17 heavy (non-hydrogen) atoms. The van der Waals surface area contributed by atoms with E-state index in [1.54, 1.807) is 18.6 Å². The van der Waals surface area contributed by atoms with Gasteiger partial charge in [0.05, 0.1) is 18.5 Å². The zero-order chi connectivity index (χ0) is 12.1. The highest BCUT2D eigenvalue weighted by atomic mass is 32.2. The van der Waals surface area contributed by atoms with Crippen molar-refractivity contribution in [3.8, 4) is 0 Å². The molecule has 0 bridgehead atoms. The highest BCUT2D eigenvalue weighted by Crippen LogP contribution is 2.20. The number of nitrogens with one attached hydrogen (secondary N) is 1. The van der Waals surface area contributed by atoms with Crippen molar-refractivity contribution in [2.45, 2.75) is 11.8 Å². The maximum Gasteiger partial charge on any atom is 0.189 e. The van der Waals surface area contributed by atoms with Crippen LogP contribution < -0.4 is 5.32 Å². The van der Waals surface area contributed by atoms with Crippen molar-refractivity contribution in [3.05, 3.63) is 36.3 Å². The molecule has 0 atom stereocenters. The lowest BCUT2D eigenvalue weighted by Crippen LogP contribution is -2.02. The first-order valence-electron chi connectivity index (χ1n) is 5.01. The Hall–Kier alpha value is -1.66. The maximum absolute atomic E-state index is 9.22. The molecule has 0 spiro atoms. The molecule has 0 amide bonds. The van der Waals surface area contributed by atoms with Gasteiger partial charge in [-0.2, -0.15) is 0 Å². The Morgan fingerprint density at radius 2 is 2.29 bits per heavy atom. The fourth-order valence-electron chi connectivity index (χ4n) is 1.29. The minimum atomic E-state index is -0.0999. The Kier molecular flexibility index (Phi) is 3.89. The number of aliphatic hydroxyl groups is 1. The first-order valence-corrected chi connectivity index (χ1v) is 6.24. The minimum Gasteiger partial charge on any atom is -0.391 e. The normalized spacial score (nSPS) is 10.2. The summed E-state index contributed by atoms with van der Waals surface area (Å²) in [5.74, 6) is 0.611. The molecular weight excluding hydrogens is 236 g/mol. The first kappa shape index (κ1) is 11.8. The first-order chi connectivity index (χ1) is 8.33. The summed E-state index contributed by atoms with van der Waals surface area (Å²) in [6.45, 7) is -0.0999. The molecule has 0 aliphatic heterocycles. The van der Waals surface area contributed by atoms with E-state index < -0.39 is 0 Å². The lowest BCUT2D eigenvalue weighted by molar-refractivity contribution is 0.281. The number of nitrogens with zero attached hydrogens (tertiary/aromatic N) is 3. The Labute approximate surface area is 103 Å². The number of rotatable bonds is 4. The Morgan fingerprint density at radius 3 is 2.94 bits per heavy atom. The summed E-state index contributed by atoms with van der Waals surface area (Å²) in [6, 6.07) is 3.71. The van der Waals surface area contributed by atoms with E-state index in [9.17, 15) is 5.11 Å². The molecule has 0 fully saturated rings. The molecule has 5 nitrogen and oxygen atoms in total. The average molecular weight is 248 g/mol. The summed E-state index contributed by atoms with van der Waals surface area (Å²) in [4.78, 5) is 12.4. The second-order valence-corrected chi connectivity index (χ2v) is 4.03. The van der Waals surface area contributed by atoms with Crippen molar-refractivity contribution in [2.75, 3.05) is 11.6 Å². The van der Waals surface area contributed by atoms with Gasteiger partial charge in [0.15, 0.2) is 5.16 Å². The lowest BCUT2D eigenvalue weighted by Gasteiger charge is -2.09. The van der Waals surface area contributed by atoms with E-state index in [0.717, 1.165) is 5.69 Å². The van der Waals surface area contributed by atoms with Gasteiger partial charge in [0.2, 0.25) is 0 Å². The Morgan fingerprint density at radius 1 is 1.41 bits per heavy atom. The Bertz CT molecular complexity index is 492. The molecule has 6 heteroatoms. The van der Waals surface area contributed by atoms with Crippen LogP contribution >= 0.6 is 11.8 Å². The van der Waals surface area contributed by atoms with Gasteiger partial charge in [-0.05, 0) is 18.4 Å². The number of aliphatic hydroxyl groups excluding tert-OH is 1. The number of pyridine rings is 1. The van der Waals surface area contributed by atoms with Gasteiger partial charge in [-0.1, -0.05) is 11.8 Å². The number of thioether (sulfide) groups is 1. The molecule has 2 aromatic rings. The van der Waals surface area contributed by atoms with Gasteiger partial charge in [-0.3, -0.25) is 4.98 Å². The fraction of sp³-hybridized carbons (Fsp3) is 0.182. The van der Waals surface area contributed by atoms with Gasteiger partial charge < -0.3 is 10.4 Å². The molecule has 2 heterocycles. The quantitative estimate of drug-likeness (QED) is 0.635. The van der Waals surface area contributed by atoms with Crippen LogP contribution in [0.1, 0.15) is 5.56 Å². The third kappa shape index (κ3) is 2.92. The number of hydrogen-bond donors (Lipinski definition) is 2. The van der Waals surface area contributed by atoms with Gasteiger partial charge >= 0.3 is 0 Å². The molecule has 0 saturated carbocycles. The van der Waals surface area contributed by atoms with Gasteiger partial charge in [-0.25, -0.2) is 9.97 Å². The topological polar surface area (TPSA) is 70.9 Å². The van der Waals surface area contributed by atoms with Crippen molar-refractivity contribution in [3.63, 3.8) is 0 Å². The van der Waals surface area contributed by atoms with Crippen LogP contribution in [-0.2, 0) is 6.61 Å². The Balaban J connectivity index is 2.30. The summed E-state index contributed by atoms with van der Waals surface area (Å²) in [5.41, 5.74) is 1.49. The van der Waals surface area contributed by atoms with Crippen LogP contribution in [0.15, 0.2) is 35.9 Å². The summed E-state index contributed by atoms with van der Waals surface area (Å²) in [5, 5.41) is 13.0. The SMILES string of the molecule is CSc1ncc(CO)c(Nc2cccnc2)n1. The largest absolute Gasteiger partial charge is 0.391 e. The van der Waals surface area contributed by atoms with Gasteiger partial charge in [-0.15, -0.1) is 0 Å². The molecule has 0 aromatic carbocycles. The predicted octanol–water partition coefficient (Wildman–Crippen LogP) is 1.83. The molecule has 0 aliphatic carbocycles. The zero-order valence-electron chi connectivity index (χ0n) is 9.29. The molecule has 0 radical (unpaired) electrons. The van der Waals surface area contributed by atoms with Crippen LogP contribution in [0.25, 0.3) is 0 Å². The predicted molar refractivity (Wildman–Crippen MR) is 67.3 cm³/mol. The van der Waals surface area contributed by atoms with E-state index in [-0.39, 0.29) is 6.61 Å². The molecule has 2 rings (SSSR count). The summed E-state index contributed by atoms with van der Waals surface area (Å²) in [7, 11) is 0. The summed E-state index contributed by atoms with van der Waals surface area (Å²) >= 11 is 1.45. The standard InChI is InChI=1S/C11H12N4OS/c1-17-11-13-5-8(7-16)10(15-11)14-9-3-2-4-12-6-9/h2-6,16H,7H2,1H3,(H,13,14,15). The molecular formula is C11H12N4OS. The van der Waals surface area contributed by atoms with Crippen LogP contribution in [-0.4, -0.2) is 26.3 Å². The minimum absolute atomic E-state index is 0.0999. The molecule has 2 N–H and O–H groups in total. The zero-order valence-corrected chi connectivity index (χ0v) is 10.1. The van der Waals surface area contributed by atoms with Crippen molar-refractivity contribution >= 4 is 23.3 Å². The second kappa shape index (κ2) is 5.60. The molecule has 88 valence electrons. The molecule has 2 aromatic heterocycles. The van der Waals surface area contributed by atoms with E-state index >= 15 is 0 Å². The third-order valence-electron chi connectivity index (χ3n) is 2.12. The van der Waals surface area contributed by atoms with Crippen LogP contribution in [0, 0.1) is 0 Å². The van der Waals surface area contributed by atoms with Crippen molar-refractivity contribution < 1.29 is 5.11 Å². The number of hydrogen-bond acceptors (Lipinski definition) is 6. The van der Waals surface area contributed by atoms with E-state index in [1.807, 2.05) is 18.4 Å². The van der Waals surface area contributed by atoms with E-state index in [4.69, 9.17) is 0 Å². The highest BCUT2D eigenvalue weighted by molar-refractivity contribution is 7.98. The second-order valence-electron chi connectivity index (χ2n) is 3.26. The monoisotopic (exact) mass is 248 g/mol. The van der Waals surface area contributed by atoms with E-state index in [2.05, 4.69) is 20.3 Å². The van der Waals surface area contributed by atoms with Crippen LogP contribution in [0.3, 0.4) is 0 Å². The highest BCUT2D eigenvalue weighted by Gasteiger charge is 2.06. The van der Waals surface area contributed by atoms with E-state index in [0.29, 0.717) is 16.5 Å². The smallest absolute Gasteiger partial charge is 0.189 e. The molecule has 0 aliphatic rings. The van der Waals surface area contributed by atoms with Crippen molar-refractivity contribution in [1.29, 1.82) is 0 Å². The molecule has 0 unspecified atom stereocenters.